The number of carbonyl (C=O) groups excluding carboxylic acids is 1. The van der Waals surface area contributed by atoms with Gasteiger partial charge in [-0.05, 0) is 31.6 Å². The van der Waals surface area contributed by atoms with Crippen molar-refractivity contribution in [2.45, 2.75) is 69.7 Å². The van der Waals surface area contributed by atoms with Gasteiger partial charge in [0.15, 0.2) is 5.65 Å². The lowest BCUT2D eigenvalue weighted by Crippen LogP contribution is -2.55. The quantitative estimate of drug-likeness (QED) is 0.535. The molecule has 0 spiro atoms. The summed E-state index contributed by atoms with van der Waals surface area (Å²) in [5.74, 6) is 1.15. The van der Waals surface area contributed by atoms with E-state index >= 15 is 0 Å². The Balaban J connectivity index is 1.27. The Kier molecular flexibility index (Phi) is 5.87. The lowest BCUT2D eigenvalue weighted by molar-refractivity contribution is 0.0194. The van der Waals surface area contributed by atoms with Crippen LogP contribution in [0.25, 0.3) is 16.9 Å². The van der Waals surface area contributed by atoms with Gasteiger partial charge in [0.25, 0.3) is 0 Å². The first-order valence-corrected chi connectivity index (χ1v) is 12.7. The van der Waals surface area contributed by atoms with Gasteiger partial charge in [-0.25, -0.2) is 19.7 Å². The number of hydrogen-bond acceptors (Lipinski definition) is 9. The lowest BCUT2D eigenvalue weighted by atomic mass is 9.97. The SMILES string of the molecule is COc1ncc(-c2cc(NC3CC4CCC(C3)N4C(=O)OC3CNC3)n3ncc(C(C)C)c3n2)cn1. The van der Waals surface area contributed by atoms with Gasteiger partial charge in [0.05, 0.1) is 19.0 Å². The minimum Gasteiger partial charge on any atom is -0.467 e. The Morgan fingerprint density at radius 3 is 2.47 bits per heavy atom. The molecule has 0 aromatic carbocycles. The van der Waals surface area contributed by atoms with Gasteiger partial charge in [0, 0.05) is 60.8 Å². The van der Waals surface area contributed by atoms with E-state index in [0.29, 0.717) is 6.01 Å². The van der Waals surface area contributed by atoms with Crippen molar-refractivity contribution in [3.8, 4) is 17.3 Å². The minimum absolute atomic E-state index is 0.00757. The first-order valence-electron chi connectivity index (χ1n) is 12.7. The smallest absolute Gasteiger partial charge is 0.410 e. The van der Waals surface area contributed by atoms with Crippen molar-refractivity contribution in [1.29, 1.82) is 0 Å². The molecule has 11 heteroatoms. The number of anilines is 1. The summed E-state index contributed by atoms with van der Waals surface area (Å²) in [7, 11) is 1.55. The van der Waals surface area contributed by atoms with E-state index in [2.05, 4.69) is 39.5 Å². The van der Waals surface area contributed by atoms with E-state index in [-0.39, 0.29) is 36.2 Å². The van der Waals surface area contributed by atoms with Crippen LogP contribution in [-0.4, -0.2) is 80.0 Å². The maximum absolute atomic E-state index is 12.8. The van der Waals surface area contributed by atoms with E-state index in [9.17, 15) is 4.79 Å². The van der Waals surface area contributed by atoms with Crippen molar-refractivity contribution in [3.63, 3.8) is 0 Å². The van der Waals surface area contributed by atoms with Crippen molar-refractivity contribution >= 4 is 17.6 Å². The van der Waals surface area contributed by atoms with Crippen LogP contribution in [-0.2, 0) is 4.74 Å². The van der Waals surface area contributed by atoms with E-state index in [1.165, 1.54) is 0 Å². The third-order valence-electron chi connectivity index (χ3n) is 7.54. The molecule has 2 bridgehead atoms. The Morgan fingerprint density at radius 1 is 1.14 bits per heavy atom. The van der Waals surface area contributed by atoms with Gasteiger partial charge < -0.3 is 25.0 Å². The monoisotopic (exact) mass is 492 g/mol. The molecule has 190 valence electrons. The third kappa shape index (κ3) is 4.11. The first kappa shape index (κ1) is 23.0. The van der Waals surface area contributed by atoms with E-state index in [1.54, 1.807) is 19.5 Å². The fourth-order valence-electron chi connectivity index (χ4n) is 5.54. The summed E-state index contributed by atoms with van der Waals surface area (Å²) in [6.45, 7) is 5.78. The summed E-state index contributed by atoms with van der Waals surface area (Å²) < 4.78 is 12.7. The van der Waals surface area contributed by atoms with Crippen LogP contribution in [0.15, 0.2) is 24.7 Å². The zero-order chi connectivity index (χ0) is 24.8. The van der Waals surface area contributed by atoms with Gasteiger partial charge in [-0.3, -0.25) is 0 Å². The topological polar surface area (TPSA) is 119 Å². The predicted octanol–water partition coefficient (Wildman–Crippen LogP) is 2.83. The number of fused-ring (bicyclic) bond motifs is 3. The molecule has 6 rings (SSSR count). The minimum atomic E-state index is -0.158. The van der Waals surface area contributed by atoms with Crippen LogP contribution in [0.3, 0.4) is 0 Å². The average molecular weight is 493 g/mol. The van der Waals surface area contributed by atoms with Crippen LogP contribution in [0.4, 0.5) is 10.6 Å². The Labute approximate surface area is 209 Å². The Bertz CT molecular complexity index is 1240. The molecule has 3 aromatic heterocycles. The highest BCUT2D eigenvalue weighted by atomic mass is 16.6. The van der Waals surface area contributed by atoms with Crippen LogP contribution in [0.1, 0.15) is 51.0 Å². The lowest BCUT2D eigenvalue weighted by Gasteiger charge is -2.40. The van der Waals surface area contributed by atoms with E-state index < -0.39 is 0 Å². The average Bonchev–Trinajstić information content (AvgIpc) is 3.40. The largest absolute Gasteiger partial charge is 0.467 e. The van der Waals surface area contributed by atoms with Crippen molar-refractivity contribution in [2.24, 2.45) is 0 Å². The third-order valence-corrected chi connectivity index (χ3v) is 7.54. The zero-order valence-corrected chi connectivity index (χ0v) is 20.8. The molecule has 6 heterocycles. The molecule has 3 aliphatic heterocycles. The van der Waals surface area contributed by atoms with Gasteiger partial charge >= 0.3 is 12.1 Å². The zero-order valence-electron chi connectivity index (χ0n) is 20.8. The van der Waals surface area contributed by atoms with Crippen LogP contribution in [0.2, 0.25) is 0 Å². The number of hydrogen-bond donors (Lipinski definition) is 2. The maximum atomic E-state index is 12.8. The van der Waals surface area contributed by atoms with Crippen molar-refractivity contribution in [1.82, 2.24) is 34.8 Å². The van der Waals surface area contributed by atoms with Crippen LogP contribution in [0.5, 0.6) is 6.01 Å². The highest BCUT2D eigenvalue weighted by Crippen LogP contribution is 2.38. The Hall–Kier alpha value is -3.47. The van der Waals surface area contributed by atoms with Gasteiger partial charge in [-0.1, -0.05) is 13.8 Å². The van der Waals surface area contributed by atoms with E-state index in [0.717, 1.165) is 67.1 Å². The standard InChI is InChI=1S/C25H32N8O3/c1-14(2)20-13-29-33-22(8-21(31-23(20)33)15-9-27-24(35-3)28-10-15)30-16-6-17-4-5-18(7-16)32(17)25(34)36-19-11-26-12-19/h8-10,13-14,16-19,26,30H,4-7,11-12H2,1-3H3. The molecular formula is C25H32N8O3. The highest BCUT2D eigenvalue weighted by Gasteiger charge is 2.45. The molecule has 2 atom stereocenters. The summed E-state index contributed by atoms with van der Waals surface area (Å²) in [5, 5.41) is 11.6. The molecule has 0 aliphatic carbocycles. The van der Waals surface area contributed by atoms with Crippen molar-refractivity contribution in [2.75, 3.05) is 25.5 Å². The van der Waals surface area contributed by atoms with Gasteiger partial charge in [-0.15, -0.1) is 0 Å². The summed E-state index contributed by atoms with van der Waals surface area (Å²) >= 11 is 0. The summed E-state index contributed by atoms with van der Waals surface area (Å²) in [6.07, 6.45) is 8.96. The molecule has 0 radical (unpaired) electrons. The van der Waals surface area contributed by atoms with Crippen LogP contribution in [0, 0.1) is 0 Å². The molecular weight excluding hydrogens is 460 g/mol. The number of nitrogens with one attached hydrogen (secondary N) is 2. The summed E-state index contributed by atoms with van der Waals surface area (Å²) in [6, 6.07) is 2.92. The molecule has 0 saturated carbocycles. The molecule has 3 fully saturated rings. The predicted molar refractivity (Wildman–Crippen MR) is 133 cm³/mol. The number of amides is 1. The van der Waals surface area contributed by atoms with Crippen LogP contribution >= 0.6 is 0 Å². The van der Waals surface area contributed by atoms with Crippen molar-refractivity contribution in [3.05, 3.63) is 30.2 Å². The number of piperidine rings is 1. The number of ether oxygens (including phenoxy) is 2. The fourth-order valence-corrected chi connectivity index (χ4v) is 5.54. The second-order valence-corrected chi connectivity index (χ2v) is 10.2. The van der Waals surface area contributed by atoms with Crippen molar-refractivity contribution < 1.29 is 14.3 Å². The molecule has 2 unspecified atom stereocenters. The fraction of sp³-hybridized carbons (Fsp3) is 0.560. The van der Waals surface area contributed by atoms with E-state index in [4.69, 9.17) is 14.5 Å². The number of aromatic nitrogens is 5. The first-order chi connectivity index (χ1) is 17.5. The molecule has 11 nitrogen and oxygen atoms in total. The highest BCUT2D eigenvalue weighted by molar-refractivity contribution is 5.70. The van der Waals surface area contributed by atoms with Gasteiger partial charge in [-0.2, -0.15) is 9.61 Å². The molecule has 3 aliphatic rings. The van der Waals surface area contributed by atoms with E-state index in [1.807, 2.05) is 21.7 Å². The molecule has 36 heavy (non-hydrogen) atoms. The second-order valence-electron chi connectivity index (χ2n) is 10.2. The molecule has 1 amide bonds. The normalized spacial score (nSPS) is 23.7. The second kappa shape index (κ2) is 9.20. The maximum Gasteiger partial charge on any atom is 0.410 e. The summed E-state index contributed by atoms with van der Waals surface area (Å²) in [4.78, 5) is 28.3. The number of rotatable bonds is 6. The molecule has 3 saturated heterocycles. The number of nitrogens with zero attached hydrogens (tertiary/aromatic N) is 6. The Morgan fingerprint density at radius 2 is 1.86 bits per heavy atom. The molecule has 2 N–H and O–H groups in total. The van der Waals surface area contributed by atoms with Crippen LogP contribution < -0.4 is 15.4 Å². The number of methoxy groups -OCH3 is 1. The van der Waals surface area contributed by atoms with Gasteiger partial charge in [0.1, 0.15) is 11.9 Å². The number of carbonyl (C=O) groups is 1. The van der Waals surface area contributed by atoms with Gasteiger partial charge in [0.2, 0.25) is 0 Å². The molecule has 3 aromatic rings. The summed E-state index contributed by atoms with van der Waals surface area (Å²) in [5.41, 5.74) is 3.48.